The maximum absolute atomic E-state index is 14.1. The fourth-order valence-electron chi connectivity index (χ4n) is 4.40. The Hall–Kier alpha value is -4.50. The Morgan fingerprint density at radius 1 is 1.02 bits per heavy atom. The predicted molar refractivity (Wildman–Crippen MR) is 159 cm³/mol. The molecule has 0 unspecified atom stereocenters. The molecule has 220 valence electrons. The fraction of sp³-hybridized carbons (Fsp3) is 0.303. The molecule has 0 aliphatic heterocycles. The Morgan fingerprint density at radius 2 is 1.71 bits per heavy atom. The number of anilines is 1. The van der Waals surface area contributed by atoms with E-state index in [0.717, 1.165) is 11.1 Å². The van der Waals surface area contributed by atoms with E-state index in [1.165, 1.54) is 11.0 Å². The monoisotopic (exact) mass is 572 g/mol. The first-order valence-corrected chi connectivity index (χ1v) is 13.9. The summed E-state index contributed by atoms with van der Waals surface area (Å²) in [6, 6.07) is 23.1. The first-order valence-electron chi connectivity index (χ1n) is 13.9. The number of aliphatic hydroxyl groups excluding tert-OH is 1. The zero-order valence-electron chi connectivity index (χ0n) is 24.2. The van der Waals surface area contributed by atoms with E-state index in [2.05, 4.69) is 10.3 Å². The SMILES string of the molecule is CC(C)(C)OC(=O)N(CCc1ccc(NC(=O)Cc2nccn2Cc2ccccc2F)cc1)C[C@H](O)c1ccccc1. The van der Waals surface area contributed by atoms with Crippen molar-refractivity contribution in [3.63, 3.8) is 0 Å². The van der Waals surface area contributed by atoms with Crippen LogP contribution in [-0.2, 0) is 28.9 Å². The zero-order valence-corrected chi connectivity index (χ0v) is 24.2. The third kappa shape index (κ3) is 9.01. The molecule has 0 radical (unpaired) electrons. The van der Waals surface area contributed by atoms with Gasteiger partial charge >= 0.3 is 6.09 Å². The van der Waals surface area contributed by atoms with Gasteiger partial charge < -0.3 is 24.6 Å². The number of aliphatic hydroxyl groups is 1. The topological polar surface area (TPSA) is 96.7 Å². The molecule has 9 heteroatoms. The summed E-state index contributed by atoms with van der Waals surface area (Å²) >= 11 is 0. The lowest BCUT2D eigenvalue weighted by Gasteiger charge is -2.29. The van der Waals surface area contributed by atoms with Gasteiger partial charge in [0, 0.05) is 30.2 Å². The second-order valence-corrected chi connectivity index (χ2v) is 11.1. The summed E-state index contributed by atoms with van der Waals surface area (Å²) < 4.78 is 21.4. The molecule has 3 aromatic carbocycles. The van der Waals surface area contributed by atoms with E-state index >= 15 is 0 Å². The van der Waals surface area contributed by atoms with Gasteiger partial charge in [0.05, 0.1) is 25.6 Å². The largest absolute Gasteiger partial charge is 0.444 e. The van der Waals surface area contributed by atoms with E-state index in [4.69, 9.17) is 4.74 Å². The minimum atomic E-state index is -0.849. The molecule has 0 saturated heterocycles. The summed E-state index contributed by atoms with van der Waals surface area (Å²) in [4.78, 5) is 31.4. The van der Waals surface area contributed by atoms with Crippen LogP contribution < -0.4 is 5.32 Å². The third-order valence-electron chi connectivity index (χ3n) is 6.56. The van der Waals surface area contributed by atoms with E-state index in [9.17, 15) is 19.1 Å². The lowest BCUT2D eigenvalue weighted by Crippen LogP contribution is -2.40. The summed E-state index contributed by atoms with van der Waals surface area (Å²) in [5.74, 6) is -0.00897. The van der Waals surface area contributed by atoms with E-state index in [1.54, 1.807) is 68.1 Å². The van der Waals surface area contributed by atoms with E-state index in [0.29, 0.717) is 30.0 Å². The predicted octanol–water partition coefficient (Wildman–Crippen LogP) is 5.76. The number of halogens is 1. The number of amides is 2. The summed E-state index contributed by atoms with van der Waals surface area (Å²) in [5, 5.41) is 13.6. The van der Waals surface area contributed by atoms with Gasteiger partial charge in [-0.05, 0) is 56.5 Å². The molecule has 0 aliphatic carbocycles. The van der Waals surface area contributed by atoms with E-state index < -0.39 is 17.8 Å². The van der Waals surface area contributed by atoms with Crippen molar-refractivity contribution in [3.8, 4) is 0 Å². The van der Waals surface area contributed by atoms with Crippen molar-refractivity contribution in [2.75, 3.05) is 18.4 Å². The van der Waals surface area contributed by atoms with Crippen LogP contribution in [0.4, 0.5) is 14.9 Å². The number of benzene rings is 3. The Kier molecular flexibility index (Phi) is 10.1. The van der Waals surface area contributed by atoms with E-state index in [-0.39, 0.29) is 31.2 Å². The zero-order chi connectivity index (χ0) is 30.1. The Balaban J connectivity index is 1.33. The molecule has 0 saturated carbocycles. The van der Waals surface area contributed by atoms with Crippen LogP contribution in [0, 0.1) is 5.82 Å². The van der Waals surface area contributed by atoms with Gasteiger partial charge in [-0.15, -0.1) is 0 Å². The molecule has 1 atom stereocenters. The molecule has 2 N–H and O–H groups in total. The highest BCUT2D eigenvalue weighted by Crippen LogP contribution is 2.18. The maximum Gasteiger partial charge on any atom is 0.410 e. The van der Waals surface area contributed by atoms with Gasteiger partial charge in [0.1, 0.15) is 17.2 Å². The number of ether oxygens (including phenoxy) is 1. The van der Waals surface area contributed by atoms with Gasteiger partial charge in [-0.2, -0.15) is 0 Å². The van der Waals surface area contributed by atoms with Crippen molar-refractivity contribution in [1.29, 1.82) is 0 Å². The molecule has 0 fully saturated rings. The quantitative estimate of drug-likeness (QED) is 0.238. The van der Waals surface area contributed by atoms with Crippen molar-refractivity contribution in [3.05, 3.63) is 120 Å². The second-order valence-electron chi connectivity index (χ2n) is 11.1. The van der Waals surface area contributed by atoms with Gasteiger partial charge in [0.25, 0.3) is 0 Å². The van der Waals surface area contributed by atoms with Crippen molar-refractivity contribution >= 4 is 17.7 Å². The molecular formula is C33H37FN4O4. The number of nitrogens with zero attached hydrogens (tertiary/aromatic N) is 3. The molecule has 1 heterocycles. The van der Waals surface area contributed by atoms with Crippen molar-refractivity contribution < 1.29 is 23.8 Å². The molecule has 0 spiro atoms. The molecule has 4 aromatic rings. The normalized spacial score (nSPS) is 12.0. The first-order chi connectivity index (χ1) is 20.1. The summed E-state index contributed by atoms with van der Waals surface area (Å²) in [7, 11) is 0. The molecule has 0 aliphatic rings. The number of hydrogen-bond acceptors (Lipinski definition) is 5. The van der Waals surface area contributed by atoms with Crippen molar-refractivity contribution in [2.45, 2.75) is 51.9 Å². The third-order valence-corrected chi connectivity index (χ3v) is 6.56. The Morgan fingerprint density at radius 3 is 2.40 bits per heavy atom. The average molecular weight is 573 g/mol. The lowest BCUT2D eigenvalue weighted by atomic mass is 10.1. The first kappa shape index (κ1) is 30.5. The van der Waals surface area contributed by atoms with Crippen LogP contribution in [0.15, 0.2) is 91.3 Å². The van der Waals surface area contributed by atoms with Crippen molar-refractivity contribution in [2.24, 2.45) is 0 Å². The van der Waals surface area contributed by atoms with Crippen LogP contribution in [0.25, 0.3) is 0 Å². The minimum Gasteiger partial charge on any atom is -0.444 e. The van der Waals surface area contributed by atoms with Gasteiger partial charge in [0.15, 0.2) is 0 Å². The Labute approximate surface area is 245 Å². The van der Waals surface area contributed by atoms with Gasteiger partial charge in [-0.1, -0.05) is 60.7 Å². The highest BCUT2D eigenvalue weighted by atomic mass is 19.1. The lowest BCUT2D eigenvalue weighted by molar-refractivity contribution is -0.115. The van der Waals surface area contributed by atoms with Crippen LogP contribution in [0.5, 0.6) is 0 Å². The molecule has 0 bridgehead atoms. The molecule has 1 aromatic heterocycles. The van der Waals surface area contributed by atoms with Gasteiger partial charge in [0.2, 0.25) is 5.91 Å². The number of imidazole rings is 1. The minimum absolute atomic E-state index is 0.0395. The molecule has 4 rings (SSSR count). The van der Waals surface area contributed by atoms with Crippen LogP contribution in [0.1, 0.15) is 49.4 Å². The smallest absolute Gasteiger partial charge is 0.410 e. The summed E-state index contributed by atoms with van der Waals surface area (Å²) in [6.45, 7) is 6.14. The average Bonchev–Trinajstić information content (AvgIpc) is 3.38. The standard InChI is InChI=1S/C33H37FN4O4/c1-33(2,3)42-32(41)38(23-29(39)25-9-5-4-6-10-25)19-17-24-13-15-27(16-14-24)36-31(40)21-30-35-18-20-37(30)22-26-11-7-8-12-28(26)34/h4-16,18,20,29,39H,17,19,21-23H2,1-3H3,(H,36,40)/t29-/m0/s1. The molecular weight excluding hydrogens is 535 g/mol. The van der Waals surface area contributed by atoms with Crippen LogP contribution in [0.3, 0.4) is 0 Å². The maximum atomic E-state index is 14.1. The highest BCUT2D eigenvalue weighted by Gasteiger charge is 2.24. The van der Waals surface area contributed by atoms with E-state index in [1.807, 2.05) is 42.5 Å². The molecule has 42 heavy (non-hydrogen) atoms. The molecule has 8 nitrogen and oxygen atoms in total. The van der Waals surface area contributed by atoms with Crippen LogP contribution in [-0.4, -0.2) is 50.2 Å². The number of carbonyl (C=O) groups is 2. The second kappa shape index (κ2) is 13.9. The fourth-order valence-corrected chi connectivity index (χ4v) is 4.40. The Bertz CT molecular complexity index is 1470. The molecule has 2 amide bonds. The number of hydrogen-bond donors (Lipinski definition) is 2. The number of carbonyl (C=O) groups excluding carboxylic acids is 2. The van der Waals surface area contributed by atoms with Gasteiger partial charge in [-0.25, -0.2) is 14.2 Å². The number of nitrogens with one attached hydrogen (secondary N) is 1. The van der Waals surface area contributed by atoms with Crippen LogP contribution in [0.2, 0.25) is 0 Å². The summed E-state index contributed by atoms with van der Waals surface area (Å²) in [5.41, 5.74) is 2.16. The van der Waals surface area contributed by atoms with Crippen molar-refractivity contribution in [1.82, 2.24) is 14.5 Å². The number of aromatic nitrogens is 2. The summed E-state index contributed by atoms with van der Waals surface area (Å²) in [6.07, 6.45) is 2.55. The van der Waals surface area contributed by atoms with Gasteiger partial charge in [-0.3, -0.25) is 4.79 Å². The number of rotatable bonds is 11. The van der Waals surface area contributed by atoms with Crippen LogP contribution >= 0.6 is 0 Å². The highest BCUT2D eigenvalue weighted by molar-refractivity contribution is 5.91.